The monoisotopic (exact) mass is 948 g/mol. The first-order chi connectivity index (χ1) is 30.9. The number of carbonyl (C=O) groups excluding carboxylic acids is 2. The highest BCUT2D eigenvalue weighted by Gasteiger charge is 2.31. The normalized spacial score (nSPS) is 18.1. The zero-order valence-electron chi connectivity index (χ0n) is 36.7. The average molecular weight is 950 g/mol. The smallest absolute Gasteiger partial charge is 0.251 e. The zero-order chi connectivity index (χ0) is 44.5. The second kappa shape index (κ2) is 18.6. The number of carbonyl (C=O) groups is 2. The van der Waals surface area contributed by atoms with E-state index < -0.39 is 13.2 Å². The Kier molecular flexibility index (Phi) is 12.7. The molecule has 0 bridgehead atoms. The van der Waals surface area contributed by atoms with Gasteiger partial charge in [0.2, 0.25) is 11.9 Å². The van der Waals surface area contributed by atoms with E-state index in [-0.39, 0.29) is 11.8 Å². The number of piperidine rings is 2. The van der Waals surface area contributed by atoms with Gasteiger partial charge >= 0.3 is 0 Å². The Hall–Kier alpha value is -5.48. The molecule has 64 heavy (non-hydrogen) atoms. The van der Waals surface area contributed by atoms with E-state index in [2.05, 4.69) is 97.8 Å². The molecule has 3 aromatic carbocycles. The highest BCUT2D eigenvalue weighted by Crippen LogP contribution is 2.42. The minimum absolute atomic E-state index is 0.219. The third-order valence-electron chi connectivity index (χ3n) is 12.7. The molecule has 3 fully saturated rings. The first-order valence-electron chi connectivity index (χ1n) is 22.0. The number of aryl methyl sites for hydroxylation is 1. The van der Waals surface area contributed by atoms with Gasteiger partial charge in [0.1, 0.15) is 30.3 Å². The predicted molar refractivity (Wildman–Crippen MR) is 255 cm³/mol. The fraction of sp³-hybridized carbons (Fsp3) is 0.413. The number of amides is 2. The van der Waals surface area contributed by atoms with Gasteiger partial charge in [0.25, 0.3) is 5.91 Å². The second-order valence-electron chi connectivity index (χ2n) is 17.2. The molecule has 1 atom stereocenters. The number of aromatic nitrogens is 6. The van der Waals surface area contributed by atoms with Crippen LogP contribution < -0.4 is 30.9 Å². The third-order valence-corrected chi connectivity index (χ3v) is 14.8. The summed E-state index contributed by atoms with van der Waals surface area (Å²) in [5, 5.41) is 15.5. The molecule has 334 valence electrons. The van der Waals surface area contributed by atoms with Gasteiger partial charge in [0, 0.05) is 100 Å². The summed E-state index contributed by atoms with van der Waals surface area (Å²) in [6, 6.07) is 14.5. The molecule has 3 saturated heterocycles. The molecule has 16 nitrogen and oxygen atoms in total. The fourth-order valence-electron chi connectivity index (χ4n) is 9.34. The Balaban J connectivity index is 0.796. The van der Waals surface area contributed by atoms with Crippen LogP contribution in [0.4, 0.5) is 28.8 Å². The lowest BCUT2D eigenvalue weighted by atomic mass is 9.99. The Morgan fingerprint density at radius 1 is 0.906 bits per heavy atom. The highest BCUT2D eigenvalue weighted by molar-refractivity contribution is 9.10. The van der Waals surface area contributed by atoms with E-state index in [0.29, 0.717) is 62.9 Å². The van der Waals surface area contributed by atoms with Crippen LogP contribution in [0.25, 0.3) is 21.9 Å². The number of imide groups is 1. The number of benzene rings is 3. The molecule has 18 heteroatoms. The number of piperazine rings is 1. The minimum Gasteiger partial charge on any atom is -0.494 e. The van der Waals surface area contributed by atoms with E-state index in [1.54, 1.807) is 43.7 Å². The molecule has 0 saturated carbocycles. The number of methoxy groups -OCH3 is 1. The number of ether oxygens (including phenoxy) is 1. The molecule has 6 heterocycles. The van der Waals surface area contributed by atoms with Crippen LogP contribution in [0.15, 0.2) is 71.7 Å². The van der Waals surface area contributed by atoms with Gasteiger partial charge in [-0.2, -0.15) is 10.1 Å². The molecule has 3 aliphatic heterocycles. The second-order valence-corrected chi connectivity index (χ2v) is 21.2. The van der Waals surface area contributed by atoms with Gasteiger partial charge < -0.3 is 29.7 Å². The van der Waals surface area contributed by atoms with Crippen molar-refractivity contribution in [2.24, 2.45) is 0 Å². The van der Waals surface area contributed by atoms with Crippen LogP contribution in [-0.2, 0) is 27.0 Å². The number of nitrogens with one attached hydrogen (secondary N) is 3. The number of nitrogens with zero attached hydrogens (tertiary/aromatic N) is 9. The van der Waals surface area contributed by atoms with Crippen molar-refractivity contribution in [3.05, 3.63) is 82.9 Å². The summed E-state index contributed by atoms with van der Waals surface area (Å²) in [6.45, 7) is 12.9. The van der Waals surface area contributed by atoms with E-state index in [0.717, 1.165) is 88.1 Å². The summed E-state index contributed by atoms with van der Waals surface area (Å²) in [7, 11) is -1.08. The molecule has 2 amide bonds. The highest BCUT2D eigenvalue weighted by atomic mass is 79.9. The van der Waals surface area contributed by atoms with E-state index in [1.165, 1.54) is 16.8 Å². The molecule has 9 rings (SSSR count). The van der Waals surface area contributed by atoms with E-state index in [1.807, 2.05) is 24.4 Å². The number of hydrogen-bond donors (Lipinski definition) is 3. The third kappa shape index (κ3) is 9.35. The molecule has 0 aliphatic carbocycles. The number of anilines is 5. The topological polar surface area (TPSA) is 176 Å². The number of halogens is 1. The van der Waals surface area contributed by atoms with Crippen molar-refractivity contribution < 1.29 is 18.9 Å². The van der Waals surface area contributed by atoms with Gasteiger partial charge in [0.05, 0.1) is 39.3 Å². The van der Waals surface area contributed by atoms with E-state index >= 15 is 0 Å². The van der Waals surface area contributed by atoms with E-state index in [9.17, 15) is 14.2 Å². The Bertz CT molecular complexity index is 2760. The average Bonchev–Trinajstić information content (AvgIpc) is 3.72. The predicted octanol–water partition coefficient (Wildman–Crippen LogP) is 6.65. The van der Waals surface area contributed by atoms with Crippen molar-refractivity contribution in [2.45, 2.75) is 57.5 Å². The molecule has 1 unspecified atom stereocenters. The molecule has 0 radical (unpaired) electrons. The van der Waals surface area contributed by atoms with Crippen LogP contribution in [0.3, 0.4) is 0 Å². The Morgan fingerprint density at radius 2 is 1.69 bits per heavy atom. The fourth-order valence-corrected chi connectivity index (χ4v) is 11.0. The lowest BCUT2D eigenvalue weighted by molar-refractivity contribution is -0.135. The van der Waals surface area contributed by atoms with Crippen LogP contribution in [-0.4, -0.2) is 124 Å². The van der Waals surface area contributed by atoms with Gasteiger partial charge in [-0.15, -0.1) is 0 Å². The molecular weight excluding hydrogens is 895 g/mol. The lowest BCUT2D eigenvalue weighted by Gasteiger charge is -2.43. The van der Waals surface area contributed by atoms with Crippen molar-refractivity contribution in [1.82, 2.24) is 44.8 Å². The molecule has 0 spiro atoms. The van der Waals surface area contributed by atoms with Crippen molar-refractivity contribution in [2.75, 3.05) is 81.8 Å². The van der Waals surface area contributed by atoms with Crippen LogP contribution in [0.1, 0.15) is 49.8 Å². The van der Waals surface area contributed by atoms with E-state index in [4.69, 9.17) is 9.72 Å². The van der Waals surface area contributed by atoms with Gasteiger partial charge in [-0.25, -0.2) is 4.98 Å². The molecular formula is C46H54BrN12O4P. The van der Waals surface area contributed by atoms with Crippen LogP contribution in [0.5, 0.6) is 5.75 Å². The molecule has 6 aromatic rings. The van der Waals surface area contributed by atoms with Crippen molar-refractivity contribution in [3.8, 4) is 5.75 Å². The Morgan fingerprint density at radius 3 is 2.44 bits per heavy atom. The summed E-state index contributed by atoms with van der Waals surface area (Å²) in [5.41, 5.74) is 7.24. The van der Waals surface area contributed by atoms with Crippen LogP contribution >= 0.6 is 23.1 Å². The first kappa shape index (κ1) is 43.8. The first-order valence-corrected chi connectivity index (χ1v) is 25.4. The van der Waals surface area contributed by atoms with Crippen molar-refractivity contribution >= 4 is 91.0 Å². The lowest BCUT2D eigenvalue weighted by Crippen LogP contribution is -2.53. The number of rotatable bonds is 13. The maximum absolute atomic E-state index is 13.5. The van der Waals surface area contributed by atoms with Gasteiger partial charge in [-0.05, 0) is 103 Å². The molecule has 3 aliphatic rings. The maximum Gasteiger partial charge on any atom is 0.251 e. The van der Waals surface area contributed by atoms with Gasteiger partial charge in [-0.1, -0.05) is 13.0 Å². The molecule has 3 aromatic heterocycles. The maximum atomic E-state index is 13.5. The number of fused-ring (bicyclic) bond motifs is 2. The quantitative estimate of drug-likeness (QED) is 0.0830. The summed E-state index contributed by atoms with van der Waals surface area (Å²) < 4.78 is 21.9. The van der Waals surface area contributed by atoms with Crippen LogP contribution in [0.2, 0.25) is 0 Å². The van der Waals surface area contributed by atoms with Crippen molar-refractivity contribution in [3.63, 3.8) is 0 Å². The van der Waals surface area contributed by atoms with Crippen molar-refractivity contribution in [1.29, 1.82) is 0 Å². The Labute approximate surface area is 381 Å². The molecule has 3 N–H and O–H groups in total. The van der Waals surface area contributed by atoms with Gasteiger partial charge in [-0.3, -0.25) is 34.5 Å². The van der Waals surface area contributed by atoms with Gasteiger partial charge in [0.15, 0.2) is 0 Å². The largest absolute Gasteiger partial charge is 0.494 e. The summed E-state index contributed by atoms with van der Waals surface area (Å²) in [5.74, 6) is 1.11. The minimum atomic E-state index is -2.77. The zero-order valence-corrected chi connectivity index (χ0v) is 39.2. The standard InChI is InChI=1S/C46H54BrN12O4P/c1-5-30-25-37(52-46-50-27-33(47)44(54-46)51-36-9-8-35-42(49-16-15-48-35)43(36)64(3,4)62)40(63-2)26-39(30)58-18-13-32(14-19-58)57-22-20-56(21-23-57)17-12-29-6-7-34-31(24-29)28-59(55-34)38-10-11-41(60)53-45(38)61/h6-9,15-16,24-28,32,38H,5,10-14,17-23H2,1-4H3,(H,53,60,61)(H2,50,51,52,54). The van der Waals surface area contributed by atoms with Crippen LogP contribution in [0, 0.1) is 0 Å². The summed E-state index contributed by atoms with van der Waals surface area (Å²) in [6.07, 6.45) is 11.7. The summed E-state index contributed by atoms with van der Waals surface area (Å²) >= 11 is 3.60. The summed E-state index contributed by atoms with van der Waals surface area (Å²) in [4.78, 5) is 50.1. The number of hydrogen-bond acceptors (Lipinski definition) is 14. The SMILES string of the molecule is CCc1cc(Nc2ncc(Br)c(Nc3ccc4nccnc4c3P(C)(C)=O)n2)c(OC)cc1N1CCC(N2CCN(CCc3ccc4nn(C5CCC(=O)NC5=O)cc4c3)CC2)CC1.